The van der Waals surface area contributed by atoms with Crippen LogP contribution in [0.5, 0.6) is 0 Å². The molecule has 0 spiro atoms. The Morgan fingerprint density at radius 3 is 2.32 bits per heavy atom. The molecule has 2 aromatic carbocycles. The van der Waals surface area contributed by atoms with Gasteiger partial charge in [0, 0.05) is 18.7 Å². The maximum atomic E-state index is 13.2. The molecule has 3 heteroatoms. The molecule has 1 heterocycles. The zero-order valence-electron chi connectivity index (χ0n) is 12.3. The standard InChI is InChI=1S/C19H18FNO/c20-18-9-7-17(8-10-18)19(21-12-14-22-15-13-21)11-6-16-4-2-1-3-5-16/h1-5,7-10,19H,12-15H2. The highest BCUT2D eigenvalue weighted by molar-refractivity contribution is 5.37. The minimum absolute atomic E-state index is 0.0373. The Hall–Kier alpha value is -2.15. The van der Waals surface area contributed by atoms with Crippen molar-refractivity contribution in [3.05, 3.63) is 71.5 Å². The molecule has 0 saturated carbocycles. The predicted octanol–water partition coefficient (Wildman–Crippen LogP) is 3.25. The van der Waals surface area contributed by atoms with Crippen LogP contribution in [-0.4, -0.2) is 31.2 Å². The lowest BCUT2D eigenvalue weighted by Gasteiger charge is -2.31. The molecule has 1 atom stereocenters. The average molecular weight is 295 g/mol. The third kappa shape index (κ3) is 3.73. The fraction of sp³-hybridized carbons (Fsp3) is 0.263. The van der Waals surface area contributed by atoms with E-state index in [1.54, 1.807) is 0 Å². The number of rotatable bonds is 2. The molecule has 3 rings (SSSR count). The van der Waals surface area contributed by atoms with Crippen LogP contribution in [0.1, 0.15) is 17.2 Å². The summed E-state index contributed by atoms with van der Waals surface area (Å²) in [5.74, 6) is 6.35. The molecular weight excluding hydrogens is 277 g/mol. The van der Waals surface area contributed by atoms with E-state index in [0.29, 0.717) is 13.2 Å². The second kappa shape index (κ2) is 7.22. The molecular formula is C19H18FNO. The number of nitrogens with zero attached hydrogens (tertiary/aromatic N) is 1. The highest BCUT2D eigenvalue weighted by Crippen LogP contribution is 2.21. The van der Waals surface area contributed by atoms with Gasteiger partial charge in [-0.15, -0.1) is 0 Å². The van der Waals surface area contributed by atoms with Crippen molar-refractivity contribution in [2.75, 3.05) is 26.3 Å². The number of ether oxygens (including phenoxy) is 1. The molecule has 0 aromatic heterocycles. The highest BCUT2D eigenvalue weighted by atomic mass is 19.1. The first-order valence-electron chi connectivity index (χ1n) is 7.47. The van der Waals surface area contributed by atoms with Crippen molar-refractivity contribution < 1.29 is 9.13 Å². The molecule has 1 saturated heterocycles. The second-order valence-corrected chi connectivity index (χ2v) is 5.24. The van der Waals surface area contributed by atoms with Crippen LogP contribution in [-0.2, 0) is 4.74 Å². The summed E-state index contributed by atoms with van der Waals surface area (Å²) in [5, 5.41) is 0. The lowest BCUT2D eigenvalue weighted by Crippen LogP contribution is -2.38. The molecule has 1 aliphatic heterocycles. The SMILES string of the molecule is Fc1ccc(C(C#Cc2ccccc2)N2CCOCC2)cc1. The summed E-state index contributed by atoms with van der Waals surface area (Å²) < 4.78 is 18.6. The number of benzene rings is 2. The van der Waals surface area contributed by atoms with E-state index in [1.807, 2.05) is 42.5 Å². The molecule has 2 nitrogen and oxygen atoms in total. The van der Waals surface area contributed by atoms with Crippen molar-refractivity contribution in [3.63, 3.8) is 0 Å². The van der Waals surface area contributed by atoms with Gasteiger partial charge in [-0.25, -0.2) is 4.39 Å². The monoisotopic (exact) mass is 295 g/mol. The van der Waals surface area contributed by atoms with Crippen LogP contribution in [0.3, 0.4) is 0 Å². The quantitative estimate of drug-likeness (QED) is 0.789. The summed E-state index contributed by atoms with van der Waals surface area (Å²) in [4.78, 5) is 2.28. The van der Waals surface area contributed by atoms with Gasteiger partial charge in [-0.3, -0.25) is 4.90 Å². The molecule has 2 aromatic rings. The van der Waals surface area contributed by atoms with Gasteiger partial charge in [-0.05, 0) is 29.8 Å². The Morgan fingerprint density at radius 1 is 0.955 bits per heavy atom. The Balaban J connectivity index is 1.89. The predicted molar refractivity (Wildman–Crippen MR) is 84.9 cm³/mol. The molecule has 1 unspecified atom stereocenters. The summed E-state index contributed by atoms with van der Waals surface area (Å²) in [6.07, 6.45) is 0. The van der Waals surface area contributed by atoms with Crippen LogP contribution in [0.25, 0.3) is 0 Å². The van der Waals surface area contributed by atoms with E-state index in [9.17, 15) is 4.39 Å². The van der Waals surface area contributed by atoms with Crippen molar-refractivity contribution in [3.8, 4) is 11.8 Å². The molecule has 112 valence electrons. The van der Waals surface area contributed by atoms with Gasteiger partial charge in [0.15, 0.2) is 0 Å². The van der Waals surface area contributed by atoms with Crippen LogP contribution < -0.4 is 0 Å². The van der Waals surface area contributed by atoms with Crippen LogP contribution in [0.2, 0.25) is 0 Å². The smallest absolute Gasteiger partial charge is 0.123 e. The fourth-order valence-corrected chi connectivity index (χ4v) is 2.54. The van der Waals surface area contributed by atoms with E-state index in [4.69, 9.17) is 4.74 Å². The van der Waals surface area contributed by atoms with Crippen molar-refractivity contribution in [2.45, 2.75) is 6.04 Å². The molecule has 0 amide bonds. The van der Waals surface area contributed by atoms with Crippen LogP contribution in [0.15, 0.2) is 54.6 Å². The largest absolute Gasteiger partial charge is 0.379 e. The fourth-order valence-electron chi connectivity index (χ4n) is 2.54. The summed E-state index contributed by atoms with van der Waals surface area (Å²) in [6.45, 7) is 3.10. The van der Waals surface area contributed by atoms with Crippen molar-refractivity contribution in [1.29, 1.82) is 0 Å². The first-order valence-corrected chi connectivity index (χ1v) is 7.47. The number of hydrogen-bond acceptors (Lipinski definition) is 2. The van der Waals surface area contributed by atoms with Gasteiger partial charge in [0.2, 0.25) is 0 Å². The van der Waals surface area contributed by atoms with Gasteiger partial charge in [0.25, 0.3) is 0 Å². The minimum Gasteiger partial charge on any atom is -0.379 e. The topological polar surface area (TPSA) is 12.5 Å². The highest BCUT2D eigenvalue weighted by Gasteiger charge is 2.20. The molecule has 22 heavy (non-hydrogen) atoms. The summed E-state index contributed by atoms with van der Waals surface area (Å²) in [6, 6.07) is 16.5. The van der Waals surface area contributed by atoms with Gasteiger partial charge in [-0.2, -0.15) is 0 Å². The van der Waals surface area contributed by atoms with Gasteiger partial charge < -0.3 is 4.74 Å². The second-order valence-electron chi connectivity index (χ2n) is 5.24. The van der Waals surface area contributed by atoms with Crippen LogP contribution >= 0.6 is 0 Å². The van der Waals surface area contributed by atoms with Gasteiger partial charge >= 0.3 is 0 Å². The van der Waals surface area contributed by atoms with Crippen molar-refractivity contribution in [2.24, 2.45) is 0 Å². The third-order valence-electron chi connectivity index (χ3n) is 3.72. The first-order chi connectivity index (χ1) is 10.8. The van der Waals surface area contributed by atoms with Crippen LogP contribution in [0.4, 0.5) is 4.39 Å². The van der Waals surface area contributed by atoms with E-state index in [1.165, 1.54) is 12.1 Å². The number of halogens is 1. The average Bonchev–Trinajstić information content (AvgIpc) is 2.58. The Morgan fingerprint density at radius 2 is 1.64 bits per heavy atom. The van der Waals surface area contributed by atoms with Crippen molar-refractivity contribution in [1.82, 2.24) is 4.90 Å². The Kier molecular flexibility index (Phi) is 4.85. The van der Waals surface area contributed by atoms with Crippen molar-refractivity contribution >= 4 is 0 Å². The van der Waals surface area contributed by atoms with Gasteiger partial charge in [0.05, 0.1) is 19.3 Å². The normalized spacial score (nSPS) is 16.6. The number of hydrogen-bond donors (Lipinski definition) is 0. The molecule has 0 aliphatic carbocycles. The Bertz CT molecular complexity index is 651. The third-order valence-corrected chi connectivity index (χ3v) is 3.72. The van der Waals surface area contributed by atoms with E-state index in [0.717, 1.165) is 24.2 Å². The Labute approximate surface area is 130 Å². The molecule has 0 N–H and O–H groups in total. The summed E-state index contributed by atoms with van der Waals surface area (Å²) in [5.41, 5.74) is 2.01. The lowest BCUT2D eigenvalue weighted by atomic mass is 10.0. The van der Waals surface area contributed by atoms with E-state index >= 15 is 0 Å². The van der Waals surface area contributed by atoms with E-state index in [-0.39, 0.29) is 11.9 Å². The number of morpholine rings is 1. The molecule has 1 fully saturated rings. The maximum Gasteiger partial charge on any atom is 0.123 e. The molecule has 1 aliphatic rings. The zero-order valence-corrected chi connectivity index (χ0v) is 12.3. The van der Waals surface area contributed by atoms with E-state index < -0.39 is 0 Å². The lowest BCUT2D eigenvalue weighted by molar-refractivity contribution is 0.0270. The molecule has 0 bridgehead atoms. The maximum absolute atomic E-state index is 13.2. The first kappa shape index (κ1) is 14.8. The minimum atomic E-state index is -0.222. The van der Waals surface area contributed by atoms with Gasteiger partial charge in [-0.1, -0.05) is 42.2 Å². The van der Waals surface area contributed by atoms with E-state index in [2.05, 4.69) is 16.7 Å². The molecule has 0 radical (unpaired) electrons. The van der Waals surface area contributed by atoms with Crippen LogP contribution in [0, 0.1) is 17.7 Å². The van der Waals surface area contributed by atoms with Gasteiger partial charge in [0.1, 0.15) is 5.82 Å². The summed E-state index contributed by atoms with van der Waals surface area (Å²) >= 11 is 0. The summed E-state index contributed by atoms with van der Waals surface area (Å²) in [7, 11) is 0. The zero-order chi connectivity index (χ0) is 15.2.